The molecule has 0 saturated carbocycles. The van der Waals surface area contributed by atoms with Crippen molar-refractivity contribution >= 4 is 17.7 Å². The second-order valence-corrected chi connectivity index (χ2v) is 6.17. The third kappa shape index (κ3) is 4.07. The van der Waals surface area contributed by atoms with Crippen molar-refractivity contribution in [2.45, 2.75) is 32.9 Å². The second-order valence-electron chi connectivity index (χ2n) is 5.13. The van der Waals surface area contributed by atoms with Gasteiger partial charge in [0.05, 0.1) is 5.69 Å². The largest absolute Gasteiger partial charge is 0.351 e. The van der Waals surface area contributed by atoms with Crippen LogP contribution < -0.4 is 5.32 Å². The van der Waals surface area contributed by atoms with Gasteiger partial charge in [-0.1, -0.05) is 25.9 Å². The van der Waals surface area contributed by atoms with E-state index in [4.69, 9.17) is 4.52 Å². The zero-order chi connectivity index (χ0) is 13.1. The number of hydrogen-bond acceptors (Lipinski definition) is 4. The summed E-state index contributed by atoms with van der Waals surface area (Å²) in [7, 11) is 0. The summed E-state index contributed by atoms with van der Waals surface area (Å²) >= 11 is 1.76. The molecule has 0 aliphatic heterocycles. The van der Waals surface area contributed by atoms with E-state index in [1.165, 1.54) is 0 Å². The van der Waals surface area contributed by atoms with Crippen LogP contribution in [-0.2, 0) is 0 Å². The number of aromatic nitrogens is 1. The Morgan fingerprint density at radius 3 is 2.65 bits per heavy atom. The number of hydrogen-bond donors (Lipinski definition) is 1. The van der Waals surface area contributed by atoms with Crippen LogP contribution in [0.1, 0.15) is 37.0 Å². The average Bonchev–Trinajstić information content (AvgIpc) is 2.63. The summed E-state index contributed by atoms with van der Waals surface area (Å²) in [5.74, 6) is 0.0742. The van der Waals surface area contributed by atoms with E-state index in [0.717, 1.165) is 0 Å². The van der Waals surface area contributed by atoms with E-state index in [2.05, 4.69) is 37.5 Å². The number of rotatable bonds is 4. The molecular weight excluding hydrogens is 236 g/mol. The van der Waals surface area contributed by atoms with Gasteiger partial charge in [0.1, 0.15) is 0 Å². The van der Waals surface area contributed by atoms with Gasteiger partial charge in [-0.15, -0.1) is 0 Å². The monoisotopic (exact) mass is 256 g/mol. The highest BCUT2D eigenvalue weighted by atomic mass is 32.2. The molecule has 0 bridgehead atoms. The summed E-state index contributed by atoms with van der Waals surface area (Å²) < 4.78 is 4.91. The maximum Gasteiger partial charge on any atom is 0.289 e. The lowest BCUT2D eigenvalue weighted by molar-refractivity contribution is 0.0913. The van der Waals surface area contributed by atoms with E-state index in [0.29, 0.717) is 17.5 Å². The maximum absolute atomic E-state index is 11.8. The van der Waals surface area contributed by atoms with Gasteiger partial charge in [-0.05, 0) is 18.6 Å². The van der Waals surface area contributed by atoms with Crippen LogP contribution in [0.2, 0.25) is 0 Å². The number of amides is 1. The third-order valence-corrected chi connectivity index (χ3v) is 3.99. The zero-order valence-electron chi connectivity index (χ0n) is 11.0. The van der Waals surface area contributed by atoms with Gasteiger partial charge in [-0.3, -0.25) is 4.79 Å². The topological polar surface area (TPSA) is 55.1 Å². The molecule has 1 amide bonds. The van der Waals surface area contributed by atoms with Crippen molar-refractivity contribution in [2.75, 3.05) is 12.8 Å². The lowest BCUT2D eigenvalue weighted by Gasteiger charge is -2.29. The van der Waals surface area contributed by atoms with Crippen LogP contribution in [-0.4, -0.2) is 29.1 Å². The van der Waals surface area contributed by atoms with E-state index in [-0.39, 0.29) is 17.1 Å². The minimum Gasteiger partial charge on any atom is -0.351 e. The number of carbonyl (C=O) groups excluding carboxylic acids is 1. The van der Waals surface area contributed by atoms with Gasteiger partial charge < -0.3 is 9.84 Å². The van der Waals surface area contributed by atoms with Crippen LogP contribution in [0.25, 0.3) is 0 Å². The van der Waals surface area contributed by atoms with Crippen molar-refractivity contribution in [2.24, 2.45) is 5.41 Å². The van der Waals surface area contributed by atoms with E-state index >= 15 is 0 Å². The lowest BCUT2D eigenvalue weighted by atomic mass is 9.91. The van der Waals surface area contributed by atoms with Gasteiger partial charge in [-0.25, -0.2) is 0 Å². The van der Waals surface area contributed by atoms with Crippen molar-refractivity contribution in [3.63, 3.8) is 0 Å². The first-order chi connectivity index (χ1) is 7.84. The minimum absolute atomic E-state index is 0.157. The zero-order valence-corrected chi connectivity index (χ0v) is 11.9. The summed E-state index contributed by atoms with van der Waals surface area (Å²) in [5, 5.41) is 6.94. The predicted molar refractivity (Wildman–Crippen MR) is 70.3 cm³/mol. The number of nitrogens with zero attached hydrogens (tertiary/aromatic N) is 1. The highest BCUT2D eigenvalue weighted by molar-refractivity contribution is 7.99. The first-order valence-electron chi connectivity index (χ1n) is 5.59. The predicted octanol–water partition coefficient (Wildman–Crippen LogP) is 2.49. The smallest absolute Gasteiger partial charge is 0.289 e. The first kappa shape index (κ1) is 14.1. The molecule has 1 heterocycles. The summed E-state index contributed by atoms with van der Waals surface area (Å²) in [4.78, 5) is 11.8. The Morgan fingerprint density at radius 1 is 1.59 bits per heavy atom. The van der Waals surface area contributed by atoms with Gasteiger partial charge in [0.2, 0.25) is 5.76 Å². The van der Waals surface area contributed by atoms with Gasteiger partial charge in [0.15, 0.2) is 0 Å². The molecule has 1 aromatic heterocycles. The molecule has 5 heteroatoms. The van der Waals surface area contributed by atoms with Crippen LogP contribution in [0.15, 0.2) is 10.6 Å². The van der Waals surface area contributed by atoms with Crippen LogP contribution in [0, 0.1) is 12.3 Å². The van der Waals surface area contributed by atoms with Crippen molar-refractivity contribution in [3.8, 4) is 0 Å². The fraction of sp³-hybridized carbons (Fsp3) is 0.667. The molecule has 17 heavy (non-hydrogen) atoms. The molecule has 0 spiro atoms. The summed E-state index contributed by atoms with van der Waals surface area (Å²) in [5.41, 5.74) is 0.872. The van der Waals surface area contributed by atoms with Crippen molar-refractivity contribution in [3.05, 3.63) is 17.5 Å². The third-order valence-electron chi connectivity index (χ3n) is 2.55. The molecule has 1 aromatic rings. The Bertz CT molecular complexity index is 382. The van der Waals surface area contributed by atoms with Gasteiger partial charge in [0, 0.05) is 17.9 Å². The molecular formula is C12H20N2O2S. The number of nitrogens with one attached hydrogen (secondary N) is 1. The lowest BCUT2D eigenvalue weighted by Crippen LogP contribution is -2.37. The molecule has 0 saturated heterocycles. The Kier molecular flexibility index (Phi) is 4.62. The molecule has 1 N–H and O–H groups in total. The molecule has 96 valence electrons. The van der Waals surface area contributed by atoms with Crippen molar-refractivity contribution in [1.82, 2.24) is 10.5 Å². The van der Waals surface area contributed by atoms with Crippen LogP contribution in [0.4, 0.5) is 0 Å². The van der Waals surface area contributed by atoms with E-state index in [9.17, 15) is 4.79 Å². The Hall–Kier alpha value is -0.970. The number of carbonyl (C=O) groups is 1. The Labute approximate surface area is 107 Å². The molecule has 0 unspecified atom stereocenters. The minimum atomic E-state index is -0.200. The average molecular weight is 256 g/mol. The molecule has 0 radical (unpaired) electrons. The quantitative estimate of drug-likeness (QED) is 0.899. The standard InChI is InChI=1S/C12H20N2O2S/c1-8-6-9(16-14-8)11(15)13-7-10(17-5)12(2,3)4/h6,10H,7H2,1-5H3,(H,13,15)/t10-/m1/s1. The number of aryl methyl sites for hydroxylation is 1. The summed E-state index contributed by atoms with van der Waals surface area (Å²) in [6.45, 7) is 8.92. The van der Waals surface area contributed by atoms with Crippen LogP contribution in [0.3, 0.4) is 0 Å². The van der Waals surface area contributed by atoms with Crippen molar-refractivity contribution < 1.29 is 9.32 Å². The molecule has 1 atom stereocenters. The molecule has 1 rings (SSSR count). The molecule has 4 nitrogen and oxygen atoms in total. The van der Waals surface area contributed by atoms with E-state index in [1.807, 2.05) is 0 Å². The molecule has 0 aliphatic rings. The fourth-order valence-corrected chi connectivity index (χ4v) is 2.44. The van der Waals surface area contributed by atoms with Crippen molar-refractivity contribution in [1.29, 1.82) is 0 Å². The fourth-order valence-electron chi connectivity index (χ4n) is 1.49. The summed E-state index contributed by atoms with van der Waals surface area (Å²) in [6, 6.07) is 1.64. The normalized spacial score (nSPS) is 13.5. The van der Waals surface area contributed by atoms with Crippen LogP contribution >= 0.6 is 11.8 Å². The molecule has 0 aromatic carbocycles. The van der Waals surface area contributed by atoms with Gasteiger partial charge in [-0.2, -0.15) is 11.8 Å². The Morgan fingerprint density at radius 2 is 2.24 bits per heavy atom. The van der Waals surface area contributed by atoms with Gasteiger partial charge >= 0.3 is 0 Å². The number of thioether (sulfide) groups is 1. The first-order valence-corrected chi connectivity index (χ1v) is 6.87. The maximum atomic E-state index is 11.8. The SMILES string of the molecule is CS[C@H](CNC(=O)c1cc(C)no1)C(C)(C)C. The van der Waals surface area contributed by atoms with Gasteiger partial charge in [0.25, 0.3) is 5.91 Å². The van der Waals surface area contributed by atoms with Crippen LogP contribution in [0.5, 0.6) is 0 Å². The molecule has 0 aliphatic carbocycles. The highest BCUT2D eigenvalue weighted by Gasteiger charge is 2.24. The Balaban J connectivity index is 2.53. The van der Waals surface area contributed by atoms with E-state index < -0.39 is 0 Å². The summed E-state index contributed by atoms with van der Waals surface area (Å²) in [6.07, 6.45) is 2.06. The second kappa shape index (κ2) is 5.58. The molecule has 0 fully saturated rings. The van der Waals surface area contributed by atoms with E-state index in [1.54, 1.807) is 24.8 Å². The highest BCUT2D eigenvalue weighted by Crippen LogP contribution is 2.28.